The van der Waals surface area contributed by atoms with Gasteiger partial charge in [-0.05, 0) is 48.6 Å². The van der Waals surface area contributed by atoms with Crippen molar-refractivity contribution in [1.82, 2.24) is 8.96 Å². The molecule has 0 unspecified atom stereocenters. The van der Waals surface area contributed by atoms with Crippen molar-refractivity contribution in [3.63, 3.8) is 0 Å². The fourth-order valence-corrected chi connectivity index (χ4v) is 4.49. The van der Waals surface area contributed by atoms with Gasteiger partial charge in [0, 0.05) is 29.7 Å². The van der Waals surface area contributed by atoms with E-state index < -0.39 is 15.8 Å². The Balaban J connectivity index is 2.05. The predicted octanol–water partition coefficient (Wildman–Crippen LogP) is 3.62. The summed E-state index contributed by atoms with van der Waals surface area (Å²) in [5, 5.41) is 0. The molecule has 3 aromatic rings. The third-order valence-electron chi connectivity index (χ3n) is 4.48. The van der Waals surface area contributed by atoms with E-state index in [-0.39, 0.29) is 27.6 Å². The molecule has 0 saturated heterocycles. The third kappa shape index (κ3) is 2.64. The molecule has 0 radical (unpaired) electrons. The molecule has 4 rings (SSSR count). The Morgan fingerprint density at radius 3 is 2.54 bits per heavy atom. The van der Waals surface area contributed by atoms with Gasteiger partial charge < -0.3 is 0 Å². The molecule has 1 fully saturated rings. The van der Waals surface area contributed by atoms with Gasteiger partial charge in [0.05, 0.1) is 5.69 Å². The van der Waals surface area contributed by atoms with E-state index in [4.69, 9.17) is 0 Å². The molecule has 1 aromatic carbocycles. The SMILES string of the molecule is O=Cc1cn(S(=O)(=O)c2cccnc2)c(-c2ccccc2F)c1C1CC1. The van der Waals surface area contributed by atoms with Crippen LogP contribution in [0.15, 0.2) is 59.9 Å². The van der Waals surface area contributed by atoms with E-state index in [0.717, 1.165) is 16.8 Å². The first-order valence-electron chi connectivity index (χ1n) is 8.15. The summed E-state index contributed by atoms with van der Waals surface area (Å²) in [4.78, 5) is 15.4. The largest absolute Gasteiger partial charge is 0.298 e. The molecule has 5 nitrogen and oxygen atoms in total. The van der Waals surface area contributed by atoms with E-state index >= 15 is 0 Å². The molecule has 0 spiro atoms. The molecule has 2 aromatic heterocycles. The summed E-state index contributed by atoms with van der Waals surface area (Å²) >= 11 is 0. The van der Waals surface area contributed by atoms with Gasteiger partial charge in [-0.3, -0.25) is 9.78 Å². The molecule has 132 valence electrons. The summed E-state index contributed by atoms with van der Waals surface area (Å²) in [5.41, 5.74) is 1.25. The molecule has 26 heavy (non-hydrogen) atoms. The Labute approximate surface area is 150 Å². The highest BCUT2D eigenvalue weighted by atomic mass is 32.2. The fourth-order valence-electron chi connectivity index (χ4n) is 3.13. The van der Waals surface area contributed by atoms with Crippen molar-refractivity contribution in [3.8, 4) is 11.3 Å². The van der Waals surface area contributed by atoms with Crippen molar-refractivity contribution >= 4 is 16.3 Å². The van der Waals surface area contributed by atoms with Gasteiger partial charge in [-0.15, -0.1) is 0 Å². The molecule has 1 saturated carbocycles. The van der Waals surface area contributed by atoms with Crippen molar-refractivity contribution in [2.24, 2.45) is 0 Å². The number of hydrogen-bond acceptors (Lipinski definition) is 4. The van der Waals surface area contributed by atoms with Crippen molar-refractivity contribution in [1.29, 1.82) is 0 Å². The van der Waals surface area contributed by atoms with Crippen LogP contribution in [0.1, 0.15) is 34.7 Å². The highest BCUT2D eigenvalue weighted by Gasteiger charge is 2.35. The average molecular weight is 370 g/mol. The van der Waals surface area contributed by atoms with Crippen molar-refractivity contribution < 1.29 is 17.6 Å². The van der Waals surface area contributed by atoms with E-state index in [1.54, 1.807) is 12.1 Å². The lowest BCUT2D eigenvalue weighted by atomic mass is 10.0. The van der Waals surface area contributed by atoms with E-state index in [9.17, 15) is 17.6 Å². The van der Waals surface area contributed by atoms with Gasteiger partial charge in [0.2, 0.25) is 0 Å². The highest BCUT2D eigenvalue weighted by Crippen LogP contribution is 2.47. The Hall–Kier alpha value is -2.80. The Kier molecular flexibility index (Phi) is 3.96. The minimum Gasteiger partial charge on any atom is -0.298 e. The van der Waals surface area contributed by atoms with Crippen LogP contribution in [0.3, 0.4) is 0 Å². The lowest BCUT2D eigenvalue weighted by molar-refractivity contribution is 0.112. The quantitative estimate of drug-likeness (QED) is 0.643. The Morgan fingerprint density at radius 1 is 1.15 bits per heavy atom. The van der Waals surface area contributed by atoms with E-state index in [2.05, 4.69) is 4.98 Å². The average Bonchev–Trinajstić information content (AvgIpc) is 3.42. The van der Waals surface area contributed by atoms with Gasteiger partial charge in [-0.2, -0.15) is 0 Å². The van der Waals surface area contributed by atoms with Crippen LogP contribution in [-0.4, -0.2) is 23.7 Å². The normalized spacial score (nSPS) is 14.3. The lowest BCUT2D eigenvalue weighted by Crippen LogP contribution is -2.14. The van der Waals surface area contributed by atoms with Crippen LogP contribution < -0.4 is 0 Å². The minimum absolute atomic E-state index is 0.0209. The number of aromatic nitrogens is 2. The van der Waals surface area contributed by atoms with Gasteiger partial charge >= 0.3 is 0 Å². The Morgan fingerprint density at radius 2 is 1.92 bits per heavy atom. The maximum absolute atomic E-state index is 14.5. The topological polar surface area (TPSA) is 69.0 Å². The standard InChI is InChI=1S/C19H15FN2O3S/c20-17-6-2-1-5-16(17)19-18(13-7-8-13)14(12-23)11-22(19)26(24,25)15-4-3-9-21-10-15/h1-6,9-13H,7-8H2. The van der Waals surface area contributed by atoms with Gasteiger partial charge in [0.15, 0.2) is 6.29 Å². The third-order valence-corrected chi connectivity index (χ3v) is 6.12. The number of hydrogen-bond donors (Lipinski definition) is 0. The molecule has 0 bridgehead atoms. The number of rotatable bonds is 5. The Bertz CT molecular complexity index is 1090. The zero-order valence-corrected chi connectivity index (χ0v) is 14.5. The highest BCUT2D eigenvalue weighted by molar-refractivity contribution is 7.90. The maximum atomic E-state index is 14.5. The number of carbonyl (C=O) groups excluding carboxylic acids is 1. The summed E-state index contributed by atoms with van der Waals surface area (Å²) in [5.74, 6) is -0.470. The van der Waals surface area contributed by atoms with Crippen molar-refractivity contribution in [2.75, 3.05) is 0 Å². The smallest absolute Gasteiger partial charge is 0.269 e. The first-order chi connectivity index (χ1) is 12.5. The molecule has 0 aliphatic heterocycles. The molecule has 0 N–H and O–H groups in total. The van der Waals surface area contributed by atoms with Crippen LogP contribution >= 0.6 is 0 Å². The fraction of sp³-hybridized carbons (Fsp3) is 0.158. The van der Waals surface area contributed by atoms with Crippen molar-refractivity contribution in [3.05, 3.63) is 71.9 Å². The van der Waals surface area contributed by atoms with Crippen LogP contribution in [0.2, 0.25) is 0 Å². The maximum Gasteiger partial charge on any atom is 0.269 e. The first-order valence-corrected chi connectivity index (χ1v) is 9.59. The predicted molar refractivity (Wildman–Crippen MR) is 94.0 cm³/mol. The summed E-state index contributed by atoms with van der Waals surface area (Å²) in [6.07, 6.45) is 6.31. The monoisotopic (exact) mass is 370 g/mol. The van der Waals surface area contributed by atoms with Gasteiger partial charge in [-0.25, -0.2) is 16.8 Å². The summed E-state index contributed by atoms with van der Waals surface area (Å²) in [6.45, 7) is 0. The molecule has 2 heterocycles. The number of pyridine rings is 1. The molecule has 0 atom stereocenters. The number of carbonyl (C=O) groups is 1. The van der Waals surface area contributed by atoms with Crippen LogP contribution in [0.4, 0.5) is 4.39 Å². The van der Waals surface area contributed by atoms with Gasteiger partial charge in [-0.1, -0.05) is 12.1 Å². The van der Waals surface area contributed by atoms with Gasteiger partial charge in [0.25, 0.3) is 10.0 Å². The van der Waals surface area contributed by atoms with Crippen LogP contribution in [0, 0.1) is 5.82 Å². The molecule has 1 aliphatic rings. The second kappa shape index (κ2) is 6.17. The van der Waals surface area contributed by atoms with E-state index in [0.29, 0.717) is 11.8 Å². The van der Waals surface area contributed by atoms with E-state index in [1.165, 1.54) is 42.9 Å². The van der Waals surface area contributed by atoms with Gasteiger partial charge in [0.1, 0.15) is 10.7 Å². The number of halogens is 1. The summed E-state index contributed by atoms with van der Waals surface area (Å²) in [6, 6.07) is 8.93. The molecular formula is C19H15FN2O3S. The zero-order chi connectivity index (χ0) is 18.3. The number of benzene rings is 1. The van der Waals surface area contributed by atoms with Crippen molar-refractivity contribution in [2.45, 2.75) is 23.7 Å². The zero-order valence-electron chi connectivity index (χ0n) is 13.7. The summed E-state index contributed by atoms with van der Waals surface area (Å²) < 4.78 is 41.8. The van der Waals surface area contributed by atoms with E-state index in [1.807, 2.05) is 0 Å². The van der Waals surface area contributed by atoms with Crippen LogP contribution in [0.25, 0.3) is 11.3 Å². The molecule has 0 amide bonds. The van der Waals surface area contributed by atoms with Crippen LogP contribution in [-0.2, 0) is 10.0 Å². The lowest BCUT2D eigenvalue weighted by Gasteiger charge is -2.13. The minimum atomic E-state index is -4.02. The first kappa shape index (κ1) is 16.7. The number of aldehydes is 1. The molecule has 1 aliphatic carbocycles. The summed E-state index contributed by atoms with van der Waals surface area (Å²) in [7, 11) is -4.02. The molecule has 7 heteroatoms. The second-order valence-electron chi connectivity index (χ2n) is 6.21. The van der Waals surface area contributed by atoms with Crippen LogP contribution in [0.5, 0.6) is 0 Å². The number of nitrogens with zero attached hydrogens (tertiary/aromatic N) is 2. The molecular weight excluding hydrogens is 355 g/mol. The second-order valence-corrected chi connectivity index (χ2v) is 8.02.